The number of unbranched alkanes of at least 4 members (excludes halogenated alkanes) is 5. The Hall–Kier alpha value is -3.03. The lowest BCUT2D eigenvalue weighted by molar-refractivity contribution is 0.263. The number of benzene rings is 1. The summed E-state index contributed by atoms with van der Waals surface area (Å²) < 4.78 is 7.92. The molecule has 0 saturated carbocycles. The Kier molecular flexibility index (Phi) is 6.74. The summed E-state index contributed by atoms with van der Waals surface area (Å²) in [6.07, 6.45) is 11.5. The Morgan fingerprint density at radius 3 is 2.87 bits per heavy atom. The SMILES string of the molecule is CCCCCCCCn1cc(-c2noc([C@@H]3CCCN3/C(N)=N\O)n2)c2ccccc21. The summed E-state index contributed by atoms with van der Waals surface area (Å²) >= 11 is 0. The average molecular weight is 425 g/mol. The molecule has 1 aliphatic heterocycles. The number of hydrogen-bond donors (Lipinski definition) is 2. The smallest absolute Gasteiger partial charge is 0.249 e. The van der Waals surface area contributed by atoms with Crippen LogP contribution in [0.4, 0.5) is 0 Å². The Balaban J connectivity index is 1.54. The second-order valence-electron chi connectivity index (χ2n) is 8.29. The molecule has 1 atom stereocenters. The van der Waals surface area contributed by atoms with Crippen LogP contribution in [0.2, 0.25) is 0 Å². The predicted molar refractivity (Wildman–Crippen MR) is 121 cm³/mol. The Bertz CT molecular complexity index is 1020. The van der Waals surface area contributed by atoms with Gasteiger partial charge in [-0.05, 0) is 25.3 Å². The Morgan fingerprint density at radius 1 is 1.23 bits per heavy atom. The van der Waals surface area contributed by atoms with Crippen LogP contribution in [0.1, 0.15) is 70.2 Å². The summed E-state index contributed by atoms with van der Waals surface area (Å²) in [5.41, 5.74) is 7.99. The molecule has 3 heterocycles. The third-order valence-corrected chi connectivity index (χ3v) is 6.16. The van der Waals surface area contributed by atoms with Crippen molar-refractivity contribution in [2.45, 2.75) is 70.9 Å². The molecule has 31 heavy (non-hydrogen) atoms. The highest BCUT2D eigenvalue weighted by molar-refractivity contribution is 5.94. The lowest BCUT2D eigenvalue weighted by atomic mass is 10.1. The molecule has 0 spiro atoms. The molecule has 0 aliphatic carbocycles. The largest absolute Gasteiger partial charge is 0.408 e. The molecule has 4 rings (SSSR count). The van der Waals surface area contributed by atoms with Crippen LogP contribution in [0.5, 0.6) is 0 Å². The number of guanidine groups is 1. The van der Waals surface area contributed by atoms with Crippen molar-refractivity contribution in [3.63, 3.8) is 0 Å². The van der Waals surface area contributed by atoms with E-state index in [-0.39, 0.29) is 12.0 Å². The van der Waals surface area contributed by atoms with Crippen LogP contribution in [-0.2, 0) is 6.54 Å². The molecule has 1 aliphatic rings. The number of oxime groups is 1. The summed E-state index contributed by atoms with van der Waals surface area (Å²) in [5.74, 6) is 1.17. The van der Waals surface area contributed by atoms with Gasteiger partial charge in [-0.1, -0.05) is 67.5 Å². The maximum atomic E-state index is 9.05. The molecule has 0 bridgehead atoms. The first-order valence-corrected chi connectivity index (χ1v) is 11.4. The van der Waals surface area contributed by atoms with Gasteiger partial charge in [-0.3, -0.25) is 0 Å². The fraction of sp³-hybridized carbons (Fsp3) is 0.522. The minimum Gasteiger partial charge on any atom is -0.408 e. The fourth-order valence-electron chi connectivity index (χ4n) is 4.51. The van der Waals surface area contributed by atoms with Crippen molar-refractivity contribution in [1.82, 2.24) is 19.6 Å². The van der Waals surface area contributed by atoms with Crippen molar-refractivity contribution in [2.24, 2.45) is 10.9 Å². The first kappa shape index (κ1) is 21.2. The fourth-order valence-corrected chi connectivity index (χ4v) is 4.51. The van der Waals surface area contributed by atoms with E-state index in [1.807, 2.05) is 6.07 Å². The van der Waals surface area contributed by atoms with Crippen molar-refractivity contribution in [3.8, 4) is 11.4 Å². The summed E-state index contributed by atoms with van der Waals surface area (Å²) in [6, 6.07) is 8.21. The summed E-state index contributed by atoms with van der Waals surface area (Å²) in [7, 11) is 0. The maximum Gasteiger partial charge on any atom is 0.249 e. The highest BCUT2D eigenvalue weighted by atomic mass is 16.5. The first-order valence-electron chi connectivity index (χ1n) is 11.4. The molecule has 0 amide bonds. The number of nitrogens with two attached hydrogens (primary N) is 1. The number of likely N-dealkylation sites (tertiary alicyclic amines) is 1. The molecule has 0 unspecified atom stereocenters. The molecule has 1 saturated heterocycles. The Morgan fingerprint density at radius 2 is 2.03 bits per heavy atom. The normalized spacial score (nSPS) is 17.1. The lowest BCUT2D eigenvalue weighted by Gasteiger charge is -2.21. The molecule has 8 nitrogen and oxygen atoms in total. The van der Waals surface area contributed by atoms with Crippen LogP contribution in [0.3, 0.4) is 0 Å². The maximum absolute atomic E-state index is 9.05. The zero-order valence-corrected chi connectivity index (χ0v) is 18.2. The van der Waals surface area contributed by atoms with Gasteiger partial charge in [0.05, 0.1) is 0 Å². The zero-order valence-electron chi connectivity index (χ0n) is 18.2. The monoisotopic (exact) mass is 424 g/mol. The van der Waals surface area contributed by atoms with E-state index in [0.29, 0.717) is 18.3 Å². The number of fused-ring (bicyclic) bond motifs is 1. The van der Waals surface area contributed by atoms with E-state index in [1.165, 1.54) is 37.6 Å². The van der Waals surface area contributed by atoms with Gasteiger partial charge in [0.1, 0.15) is 6.04 Å². The van der Waals surface area contributed by atoms with Crippen molar-refractivity contribution in [3.05, 3.63) is 36.4 Å². The van der Waals surface area contributed by atoms with E-state index in [0.717, 1.165) is 36.8 Å². The van der Waals surface area contributed by atoms with E-state index in [4.69, 9.17) is 20.4 Å². The molecule has 1 aromatic carbocycles. The third kappa shape index (κ3) is 4.52. The molecule has 166 valence electrons. The summed E-state index contributed by atoms with van der Waals surface area (Å²) in [5, 5.41) is 17.6. The highest BCUT2D eigenvalue weighted by Crippen LogP contribution is 2.34. The van der Waals surface area contributed by atoms with Crippen molar-refractivity contribution < 1.29 is 9.73 Å². The minimum absolute atomic E-state index is 0.0813. The van der Waals surface area contributed by atoms with E-state index in [9.17, 15) is 0 Å². The van der Waals surface area contributed by atoms with Crippen molar-refractivity contribution >= 4 is 16.9 Å². The number of aromatic nitrogens is 3. The molecule has 2 aromatic heterocycles. The Labute approximate surface area is 182 Å². The van der Waals surface area contributed by atoms with Gasteiger partial charge < -0.3 is 24.9 Å². The molecule has 1 fully saturated rings. The third-order valence-electron chi connectivity index (χ3n) is 6.16. The molecule has 3 aromatic rings. The standard InChI is InChI=1S/C23H32N6O2/c1-2-3-4-5-6-9-14-28-16-18(17-11-7-8-12-19(17)28)21-25-22(31-27-21)20-13-10-15-29(20)23(24)26-30/h7-8,11-12,16,20,30H,2-6,9-10,13-15H2,1H3,(H2,24,26)/t20-/m0/s1. The number of hydrogen-bond acceptors (Lipinski definition) is 5. The van der Waals surface area contributed by atoms with Crippen LogP contribution in [0.15, 0.2) is 40.1 Å². The van der Waals surface area contributed by atoms with Gasteiger partial charge in [0.2, 0.25) is 17.7 Å². The quantitative estimate of drug-likeness (QED) is 0.166. The number of para-hydroxylation sites is 1. The molecule has 0 radical (unpaired) electrons. The van der Waals surface area contributed by atoms with Gasteiger partial charge in [-0.25, -0.2) is 0 Å². The van der Waals surface area contributed by atoms with Crippen molar-refractivity contribution in [2.75, 3.05) is 6.54 Å². The van der Waals surface area contributed by atoms with Crippen LogP contribution >= 0.6 is 0 Å². The molecule has 8 heteroatoms. The molecule has 3 N–H and O–H groups in total. The van der Waals surface area contributed by atoms with Gasteiger partial charge in [0.25, 0.3) is 0 Å². The second-order valence-corrected chi connectivity index (χ2v) is 8.29. The van der Waals surface area contributed by atoms with E-state index in [2.05, 4.69) is 46.2 Å². The zero-order chi connectivity index (χ0) is 21.6. The number of rotatable bonds is 9. The highest BCUT2D eigenvalue weighted by Gasteiger charge is 2.32. The van der Waals surface area contributed by atoms with Gasteiger partial charge in [0, 0.05) is 35.8 Å². The van der Waals surface area contributed by atoms with Gasteiger partial charge in [-0.2, -0.15) is 4.98 Å². The van der Waals surface area contributed by atoms with E-state index < -0.39 is 0 Å². The predicted octanol–water partition coefficient (Wildman–Crippen LogP) is 4.89. The topological polar surface area (TPSA) is 106 Å². The minimum atomic E-state index is -0.159. The lowest BCUT2D eigenvalue weighted by Crippen LogP contribution is -2.36. The summed E-state index contributed by atoms with van der Waals surface area (Å²) in [4.78, 5) is 6.50. The van der Waals surface area contributed by atoms with Crippen LogP contribution < -0.4 is 5.73 Å². The van der Waals surface area contributed by atoms with E-state index in [1.54, 1.807) is 4.90 Å². The summed E-state index contributed by atoms with van der Waals surface area (Å²) in [6.45, 7) is 3.93. The van der Waals surface area contributed by atoms with E-state index >= 15 is 0 Å². The average Bonchev–Trinajstić information content (AvgIpc) is 3.53. The van der Waals surface area contributed by atoms with Gasteiger partial charge >= 0.3 is 0 Å². The first-order chi connectivity index (χ1) is 15.2. The van der Waals surface area contributed by atoms with Gasteiger partial charge in [0.15, 0.2) is 0 Å². The number of nitrogens with zero attached hydrogens (tertiary/aromatic N) is 5. The van der Waals surface area contributed by atoms with Crippen LogP contribution in [0.25, 0.3) is 22.3 Å². The van der Waals surface area contributed by atoms with Crippen molar-refractivity contribution in [1.29, 1.82) is 0 Å². The van der Waals surface area contributed by atoms with Crippen LogP contribution in [-0.4, -0.2) is 37.3 Å². The molecular weight excluding hydrogens is 392 g/mol. The van der Waals surface area contributed by atoms with Gasteiger partial charge in [-0.15, -0.1) is 0 Å². The second kappa shape index (κ2) is 9.85. The number of aryl methyl sites for hydroxylation is 1. The molecular formula is C23H32N6O2. The van der Waals surface area contributed by atoms with Crippen LogP contribution in [0, 0.1) is 0 Å².